The largest absolute Gasteiger partial charge is 0.497 e. The van der Waals surface area contributed by atoms with Crippen molar-refractivity contribution in [2.45, 2.75) is 52.1 Å². The molecule has 2 N–H and O–H groups in total. The van der Waals surface area contributed by atoms with Gasteiger partial charge in [-0.05, 0) is 57.4 Å². The molecule has 0 bridgehead atoms. The second-order valence-electron chi connectivity index (χ2n) is 6.71. The third-order valence-electron chi connectivity index (χ3n) is 4.75. The smallest absolute Gasteiger partial charge is 0.191 e. The number of hydrogen-bond acceptors (Lipinski definition) is 3. The number of rotatable bonds is 8. The zero-order valence-corrected chi connectivity index (χ0v) is 16.1. The van der Waals surface area contributed by atoms with Crippen molar-refractivity contribution in [1.82, 2.24) is 15.5 Å². The number of ether oxygens (including phenoxy) is 1. The Kier molecular flexibility index (Phi) is 8.60. The zero-order valence-electron chi connectivity index (χ0n) is 16.1. The molecule has 0 amide bonds. The van der Waals surface area contributed by atoms with Gasteiger partial charge in [-0.2, -0.15) is 0 Å². The normalized spacial score (nSPS) is 18.8. The fourth-order valence-electron chi connectivity index (χ4n) is 3.26. The van der Waals surface area contributed by atoms with Gasteiger partial charge in [0.25, 0.3) is 0 Å². The van der Waals surface area contributed by atoms with Crippen molar-refractivity contribution < 1.29 is 4.74 Å². The lowest BCUT2D eigenvalue weighted by molar-refractivity contribution is 0.159. The Morgan fingerprint density at radius 1 is 1.32 bits per heavy atom. The molecule has 25 heavy (non-hydrogen) atoms. The summed E-state index contributed by atoms with van der Waals surface area (Å²) in [4.78, 5) is 7.30. The Balaban J connectivity index is 1.77. The van der Waals surface area contributed by atoms with Crippen LogP contribution in [0.2, 0.25) is 0 Å². The van der Waals surface area contributed by atoms with Crippen molar-refractivity contribution in [1.29, 1.82) is 0 Å². The number of aliphatic imine (C=N–C) groups is 1. The topological polar surface area (TPSA) is 48.9 Å². The van der Waals surface area contributed by atoms with Crippen molar-refractivity contribution in [2.24, 2.45) is 4.99 Å². The maximum absolute atomic E-state index is 5.27. The summed E-state index contributed by atoms with van der Waals surface area (Å²) in [6, 6.07) is 8.81. The van der Waals surface area contributed by atoms with Gasteiger partial charge in [-0.1, -0.05) is 18.6 Å². The van der Waals surface area contributed by atoms with Crippen LogP contribution in [0.1, 0.15) is 45.1 Å². The van der Waals surface area contributed by atoms with E-state index in [1.807, 2.05) is 18.2 Å². The van der Waals surface area contributed by atoms with E-state index in [-0.39, 0.29) is 0 Å². The van der Waals surface area contributed by atoms with Gasteiger partial charge in [0.1, 0.15) is 5.75 Å². The number of methoxy groups -OCH3 is 1. The summed E-state index contributed by atoms with van der Waals surface area (Å²) in [5.74, 6) is 1.76. The Bertz CT molecular complexity index is 532. The van der Waals surface area contributed by atoms with E-state index in [4.69, 9.17) is 4.74 Å². The lowest BCUT2D eigenvalue weighted by atomic mass is 10.0. The van der Waals surface area contributed by atoms with Crippen LogP contribution in [0.3, 0.4) is 0 Å². The van der Waals surface area contributed by atoms with Crippen LogP contribution in [0.4, 0.5) is 0 Å². The van der Waals surface area contributed by atoms with Gasteiger partial charge in [0.15, 0.2) is 5.96 Å². The molecule has 0 saturated carbocycles. The molecule has 0 radical (unpaired) electrons. The van der Waals surface area contributed by atoms with Crippen LogP contribution in [0, 0.1) is 0 Å². The van der Waals surface area contributed by atoms with Gasteiger partial charge in [-0.15, -0.1) is 0 Å². The van der Waals surface area contributed by atoms with Crippen molar-refractivity contribution in [3.8, 4) is 5.75 Å². The predicted octanol–water partition coefficient (Wildman–Crippen LogP) is 3.01. The molecule has 1 aliphatic heterocycles. The highest BCUT2D eigenvalue weighted by Gasteiger charge is 2.17. The molecule has 140 valence electrons. The van der Waals surface area contributed by atoms with Crippen LogP contribution >= 0.6 is 0 Å². The molecule has 1 fully saturated rings. The number of guanidine groups is 1. The second-order valence-corrected chi connectivity index (χ2v) is 6.71. The average Bonchev–Trinajstić information content (AvgIpc) is 2.64. The van der Waals surface area contributed by atoms with E-state index >= 15 is 0 Å². The highest BCUT2D eigenvalue weighted by atomic mass is 16.5. The van der Waals surface area contributed by atoms with E-state index in [1.54, 1.807) is 7.11 Å². The van der Waals surface area contributed by atoms with E-state index in [9.17, 15) is 0 Å². The third kappa shape index (κ3) is 6.94. The van der Waals surface area contributed by atoms with Gasteiger partial charge >= 0.3 is 0 Å². The van der Waals surface area contributed by atoms with Crippen LogP contribution in [-0.4, -0.2) is 50.2 Å². The van der Waals surface area contributed by atoms with Crippen molar-refractivity contribution in [3.63, 3.8) is 0 Å². The fraction of sp³-hybridized carbons (Fsp3) is 0.650. The summed E-state index contributed by atoms with van der Waals surface area (Å²) < 4.78 is 5.27. The second kappa shape index (κ2) is 11.0. The Morgan fingerprint density at radius 3 is 2.96 bits per heavy atom. The average molecular weight is 347 g/mol. The highest BCUT2D eigenvalue weighted by Crippen LogP contribution is 2.16. The SMILES string of the molecule is CCNC(=NCc1cccc(OC)c1)NCCCN1CCCCC1C. The minimum absolute atomic E-state index is 0.649. The molecule has 0 aromatic heterocycles. The van der Waals surface area contributed by atoms with Crippen molar-refractivity contribution >= 4 is 5.96 Å². The van der Waals surface area contributed by atoms with Gasteiger partial charge in [-0.25, -0.2) is 4.99 Å². The van der Waals surface area contributed by atoms with Crippen LogP contribution in [0.15, 0.2) is 29.3 Å². The molecule has 0 aliphatic carbocycles. The number of nitrogens with one attached hydrogen (secondary N) is 2. The Morgan fingerprint density at radius 2 is 2.20 bits per heavy atom. The van der Waals surface area contributed by atoms with E-state index in [0.29, 0.717) is 6.54 Å². The number of piperidine rings is 1. The predicted molar refractivity (Wildman–Crippen MR) is 105 cm³/mol. The molecular formula is C20H34N4O. The maximum atomic E-state index is 5.27. The minimum Gasteiger partial charge on any atom is -0.497 e. The van der Waals surface area contributed by atoms with Crippen LogP contribution in [-0.2, 0) is 6.54 Å². The first kappa shape index (κ1) is 19.6. The monoisotopic (exact) mass is 346 g/mol. The number of nitrogens with zero attached hydrogens (tertiary/aromatic N) is 2. The summed E-state index contributed by atoms with van der Waals surface area (Å²) >= 11 is 0. The molecule has 2 rings (SSSR count). The number of likely N-dealkylation sites (tertiary alicyclic amines) is 1. The summed E-state index contributed by atoms with van der Waals surface area (Å²) in [6.07, 6.45) is 5.23. The molecule has 1 aromatic rings. The molecule has 1 saturated heterocycles. The van der Waals surface area contributed by atoms with Crippen LogP contribution < -0.4 is 15.4 Å². The maximum Gasteiger partial charge on any atom is 0.191 e. The van der Waals surface area contributed by atoms with Crippen molar-refractivity contribution in [3.05, 3.63) is 29.8 Å². The summed E-state index contributed by atoms with van der Waals surface area (Å²) in [7, 11) is 1.69. The Hall–Kier alpha value is -1.75. The Labute approximate surface area is 152 Å². The molecule has 1 heterocycles. The number of benzene rings is 1. The molecule has 1 aromatic carbocycles. The van der Waals surface area contributed by atoms with Gasteiger partial charge < -0.3 is 20.3 Å². The number of hydrogen-bond donors (Lipinski definition) is 2. The first-order valence-corrected chi connectivity index (χ1v) is 9.62. The van der Waals surface area contributed by atoms with E-state index < -0.39 is 0 Å². The van der Waals surface area contributed by atoms with Crippen LogP contribution in [0.5, 0.6) is 5.75 Å². The lowest BCUT2D eigenvalue weighted by Gasteiger charge is -2.33. The van der Waals surface area contributed by atoms with Gasteiger partial charge in [0.05, 0.1) is 13.7 Å². The summed E-state index contributed by atoms with van der Waals surface area (Å²) in [5, 5.41) is 6.78. The van der Waals surface area contributed by atoms with E-state index in [1.165, 1.54) is 32.4 Å². The molecule has 1 unspecified atom stereocenters. The van der Waals surface area contributed by atoms with Crippen LogP contribution in [0.25, 0.3) is 0 Å². The molecule has 1 aliphatic rings. The minimum atomic E-state index is 0.649. The molecular weight excluding hydrogens is 312 g/mol. The van der Waals surface area contributed by atoms with E-state index in [0.717, 1.165) is 42.8 Å². The highest BCUT2D eigenvalue weighted by molar-refractivity contribution is 5.79. The fourth-order valence-corrected chi connectivity index (χ4v) is 3.26. The first-order chi connectivity index (χ1) is 12.2. The third-order valence-corrected chi connectivity index (χ3v) is 4.75. The van der Waals surface area contributed by atoms with Crippen molar-refractivity contribution in [2.75, 3.05) is 33.3 Å². The molecule has 5 heteroatoms. The molecule has 5 nitrogen and oxygen atoms in total. The lowest BCUT2D eigenvalue weighted by Crippen LogP contribution is -2.41. The summed E-state index contributed by atoms with van der Waals surface area (Å²) in [5.41, 5.74) is 1.15. The van der Waals surface area contributed by atoms with Gasteiger partial charge in [0, 0.05) is 25.7 Å². The summed E-state index contributed by atoms with van der Waals surface area (Å²) in [6.45, 7) is 9.34. The van der Waals surface area contributed by atoms with Gasteiger partial charge in [-0.3, -0.25) is 0 Å². The molecule has 1 atom stereocenters. The zero-order chi connectivity index (χ0) is 17.9. The van der Waals surface area contributed by atoms with E-state index in [2.05, 4.69) is 40.4 Å². The molecule has 0 spiro atoms. The first-order valence-electron chi connectivity index (χ1n) is 9.62. The standard InChI is InChI=1S/C20H34N4O/c1-4-21-20(23-16-18-10-7-11-19(15-18)25-3)22-12-8-14-24-13-6-5-9-17(24)2/h7,10-11,15,17H,4-6,8-9,12-14,16H2,1-3H3,(H2,21,22,23). The quantitative estimate of drug-likeness (QED) is 0.432. The van der Waals surface area contributed by atoms with Gasteiger partial charge in [0.2, 0.25) is 0 Å².